The molecule has 0 saturated carbocycles. The highest BCUT2D eigenvalue weighted by Crippen LogP contribution is 2.24. The lowest BCUT2D eigenvalue weighted by Gasteiger charge is -2.19. The molecule has 128 valence electrons. The van der Waals surface area contributed by atoms with Crippen LogP contribution in [0.2, 0.25) is 0 Å². The molecule has 0 aromatic heterocycles. The van der Waals surface area contributed by atoms with Crippen molar-refractivity contribution in [2.45, 2.75) is 25.8 Å². The van der Waals surface area contributed by atoms with E-state index in [-0.39, 0.29) is 42.1 Å². The molecular formula is C18H19ClF2N2O. The summed E-state index contributed by atoms with van der Waals surface area (Å²) < 4.78 is 27.3. The van der Waals surface area contributed by atoms with E-state index in [1.807, 2.05) is 6.07 Å². The van der Waals surface area contributed by atoms with Crippen LogP contribution in [0.3, 0.4) is 0 Å². The predicted molar refractivity (Wildman–Crippen MR) is 92.4 cm³/mol. The van der Waals surface area contributed by atoms with Crippen molar-refractivity contribution in [1.29, 1.82) is 0 Å². The molecule has 1 aliphatic heterocycles. The number of aryl methyl sites for hydroxylation is 1. The second-order valence-electron chi connectivity index (χ2n) is 5.67. The Kier molecular flexibility index (Phi) is 6.29. The van der Waals surface area contributed by atoms with E-state index < -0.39 is 0 Å². The van der Waals surface area contributed by atoms with Gasteiger partial charge in [-0.15, -0.1) is 12.4 Å². The molecule has 0 fully saturated rings. The Bertz CT molecular complexity index is 720. The number of carbonyl (C=O) groups excluding carboxylic acids is 1. The Morgan fingerprint density at radius 3 is 2.62 bits per heavy atom. The molecule has 0 bridgehead atoms. The number of amides is 1. The minimum absolute atomic E-state index is 0. The van der Waals surface area contributed by atoms with Crippen LogP contribution in [0, 0.1) is 11.6 Å². The number of rotatable bonds is 4. The Morgan fingerprint density at radius 1 is 1.12 bits per heavy atom. The Hall–Kier alpha value is -1.98. The molecule has 2 aromatic carbocycles. The van der Waals surface area contributed by atoms with Gasteiger partial charge in [-0.25, -0.2) is 8.78 Å². The Balaban J connectivity index is 0.00000208. The highest BCUT2D eigenvalue weighted by atomic mass is 35.5. The third kappa shape index (κ3) is 4.30. The maximum Gasteiger partial charge on any atom is 0.224 e. The van der Waals surface area contributed by atoms with Crippen LogP contribution in [-0.4, -0.2) is 12.5 Å². The van der Waals surface area contributed by atoms with E-state index in [0.717, 1.165) is 17.7 Å². The molecule has 0 saturated heterocycles. The molecule has 0 atom stereocenters. The van der Waals surface area contributed by atoms with E-state index in [9.17, 15) is 13.6 Å². The maximum atomic E-state index is 14.4. The summed E-state index contributed by atoms with van der Waals surface area (Å²) in [7, 11) is 0. The van der Waals surface area contributed by atoms with Gasteiger partial charge in [0.05, 0.1) is 5.69 Å². The first-order valence-corrected chi connectivity index (χ1v) is 7.69. The van der Waals surface area contributed by atoms with E-state index in [4.69, 9.17) is 0 Å². The normalized spacial score (nSPS) is 12.9. The van der Waals surface area contributed by atoms with Gasteiger partial charge in [0, 0.05) is 13.0 Å². The van der Waals surface area contributed by atoms with Gasteiger partial charge >= 0.3 is 0 Å². The molecule has 2 aromatic rings. The number of nitrogens with one attached hydrogen (secondary N) is 2. The highest BCUT2D eigenvalue weighted by molar-refractivity contribution is 5.91. The fraction of sp³-hybridized carbons (Fsp3) is 0.278. The van der Waals surface area contributed by atoms with Gasteiger partial charge < -0.3 is 10.6 Å². The zero-order valence-corrected chi connectivity index (χ0v) is 13.9. The minimum Gasteiger partial charge on any atom is -0.324 e. The zero-order chi connectivity index (χ0) is 16.2. The molecule has 0 radical (unpaired) electrons. The van der Waals surface area contributed by atoms with Crippen molar-refractivity contribution in [2.24, 2.45) is 0 Å². The summed E-state index contributed by atoms with van der Waals surface area (Å²) in [5.41, 5.74) is 2.73. The summed E-state index contributed by atoms with van der Waals surface area (Å²) in [5, 5.41) is 5.82. The summed E-state index contributed by atoms with van der Waals surface area (Å²) in [6.07, 6.45) is 1.34. The van der Waals surface area contributed by atoms with Crippen LogP contribution in [0.1, 0.15) is 23.1 Å². The van der Waals surface area contributed by atoms with Crippen LogP contribution in [-0.2, 0) is 24.2 Å². The smallest absolute Gasteiger partial charge is 0.224 e. The number of benzene rings is 2. The fourth-order valence-corrected chi connectivity index (χ4v) is 2.75. The number of fused-ring (bicyclic) bond motifs is 1. The van der Waals surface area contributed by atoms with Gasteiger partial charge in [-0.05, 0) is 54.3 Å². The molecule has 2 N–H and O–H groups in total. The summed E-state index contributed by atoms with van der Waals surface area (Å²) in [6.45, 7) is 1.40. The van der Waals surface area contributed by atoms with Gasteiger partial charge in [0.25, 0.3) is 0 Å². The Morgan fingerprint density at radius 2 is 1.88 bits per heavy atom. The molecule has 3 rings (SSSR count). The molecule has 0 unspecified atom stereocenters. The van der Waals surface area contributed by atoms with E-state index in [0.29, 0.717) is 24.9 Å². The van der Waals surface area contributed by atoms with Crippen LogP contribution >= 0.6 is 12.4 Å². The van der Waals surface area contributed by atoms with Gasteiger partial charge in [-0.1, -0.05) is 18.2 Å². The van der Waals surface area contributed by atoms with Crippen molar-refractivity contribution in [1.82, 2.24) is 5.32 Å². The topological polar surface area (TPSA) is 41.1 Å². The van der Waals surface area contributed by atoms with Crippen molar-refractivity contribution in [3.8, 4) is 0 Å². The molecule has 0 aliphatic carbocycles. The van der Waals surface area contributed by atoms with Crippen LogP contribution < -0.4 is 10.6 Å². The van der Waals surface area contributed by atoms with Crippen molar-refractivity contribution in [3.63, 3.8) is 0 Å². The van der Waals surface area contributed by atoms with Crippen LogP contribution in [0.5, 0.6) is 0 Å². The number of carbonyl (C=O) groups is 1. The van der Waals surface area contributed by atoms with Crippen molar-refractivity contribution in [2.75, 3.05) is 11.9 Å². The number of hydrogen-bond acceptors (Lipinski definition) is 2. The van der Waals surface area contributed by atoms with Gasteiger partial charge in [-0.3, -0.25) is 4.79 Å². The van der Waals surface area contributed by atoms with Gasteiger partial charge in [0.15, 0.2) is 0 Å². The largest absolute Gasteiger partial charge is 0.324 e. The maximum absolute atomic E-state index is 14.4. The van der Waals surface area contributed by atoms with Crippen molar-refractivity contribution >= 4 is 24.0 Å². The first-order valence-electron chi connectivity index (χ1n) is 7.69. The molecule has 1 heterocycles. The number of halogens is 3. The molecular weight excluding hydrogens is 334 g/mol. The van der Waals surface area contributed by atoms with Gasteiger partial charge in [0.2, 0.25) is 5.91 Å². The molecule has 3 nitrogen and oxygen atoms in total. The quantitative estimate of drug-likeness (QED) is 0.882. The molecule has 1 aliphatic rings. The molecule has 1 amide bonds. The lowest BCUT2D eigenvalue weighted by molar-refractivity contribution is -0.116. The number of hydrogen-bond donors (Lipinski definition) is 2. The first kappa shape index (κ1) is 18.4. The van der Waals surface area contributed by atoms with Gasteiger partial charge in [0.1, 0.15) is 11.6 Å². The first-order chi connectivity index (χ1) is 11.1. The lowest BCUT2D eigenvalue weighted by Crippen LogP contribution is -2.25. The van der Waals surface area contributed by atoms with Gasteiger partial charge in [-0.2, -0.15) is 0 Å². The van der Waals surface area contributed by atoms with Crippen LogP contribution in [0.4, 0.5) is 14.5 Å². The summed E-state index contributed by atoms with van der Waals surface area (Å²) in [6, 6.07) is 9.48. The van der Waals surface area contributed by atoms with E-state index in [1.165, 1.54) is 12.1 Å². The number of anilines is 1. The minimum atomic E-state index is -0.334. The standard InChI is InChI=1S/C18H18F2N2O.ClH/c19-14-5-1-12(2-6-14)3-8-17(23)22-16-7-4-13-11-21-10-9-15(13)18(16)20;/h1-2,4-7,21H,3,8-11H2,(H,22,23);1H. The summed E-state index contributed by atoms with van der Waals surface area (Å²) in [5.74, 6) is -0.884. The van der Waals surface area contributed by atoms with E-state index in [2.05, 4.69) is 10.6 Å². The monoisotopic (exact) mass is 352 g/mol. The zero-order valence-electron chi connectivity index (χ0n) is 13.1. The lowest BCUT2D eigenvalue weighted by atomic mass is 9.99. The van der Waals surface area contributed by atoms with Crippen molar-refractivity contribution < 1.29 is 13.6 Å². The third-order valence-electron chi connectivity index (χ3n) is 4.04. The van der Waals surface area contributed by atoms with Crippen molar-refractivity contribution in [3.05, 3.63) is 64.7 Å². The average molecular weight is 353 g/mol. The van der Waals surface area contributed by atoms with E-state index >= 15 is 0 Å². The fourth-order valence-electron chi connectivity index (χ4n) is 2.75. The highest BCUT2D eigenvalue weighted by Gasteiger charge is 2.17. The Labute approximate surface area is 145 Å². The average Bonchev–Trinajstić information content (AvgIpc) is 2.57. The summed E-state index contributed by atoms with van der Waals surface area (Å²) >= 11 is 0. The predicted octanol–water partition coefficient (Wildman–Crippen LogP) is 3.60. The summed E-state index contributed by atoms with van der Waals surface area (Å²) in [4.78, 5) is 12.0. The molecule has 0 spiro atoms. The van der Waals surface area contributed by atoms with Crippen LogP contribution in [0.25, 0.3) is 0 Å². The second-order valence-corrected chi connectivity index (χ2v) is 5.67. The second kappa shape index (κ2) is 8.22. The molecule has 24 heavy (non-hydrogen) atoms. The molecule has 6 heteroatoms. The van der Waals surface area contributed by atoms with Crippen LogP contribution in [0.15, 0.2) is 36.4 Å². The third-order valence-corrected chi connectivity index (χ3v) is 4.04. The van der Waals surface area contributed by atoms with E-state index in [1.54, 1.807) is 18.2 Å². The SMILES string of the molecule is Cl.O=C(CCc1ccc(F)cc1)Nc1ccc2c(c1F)CCNC2.